The van der Waals surface area contributed by atoms with Gasteiger partial charge in [0, 0.05) is 11.8 Å². The van der Waals surface area contributed by atoms with E-state index in [1.54, 1.807) is 30.7 Å². The molecule has 0 aliphatic carbocycles. The fraction of sp³-hybridized carbons (Fsp3) is 0.0714. The number of nitrogens with zero attached hydrogens (tertiary/aromatic N) is 4. The molecule has 2 N–H and O–H groups in total. The van der Waals surface area contributed by atoms with Gasteiger partial charge in [0.1, 0.15) is 0 Å². The van der Waals surface area contributed by atoms with Crippen LogP contribution in [0.25, 0.3) is 23.1 Å². The lowest BCUT2D eigenvalue weighted by Gasteiger charge is -2.00. The Balaban J connectivity index is 1.48. The summed E-state index contributed by atoms with van der Waals surface area (Å²) < 4.78 is 17.2. The van der Waals surface area contributed by atoms with Crippen LogP contribution in [0, 0.1) is 0 Å². The molecule has 0 fully saturated rings. The third kappa shape index (κ3) is 2.61. The average Bonchev–Trinajstić information content (AvgIpc) is 3.33. The largest absolute Gasteiger partial charge is 0.461 e. The second kappa shape index (κ2) is 5.69. The Morgan fingerprint density at radius 3 is 2.57 bits per heavy atom. The van der Waals surface area contributed by atoms with Gasteiger partial charge in [-0.05, 0) is 24.3 Å². The summed E-state index contributed by atoms with van der Waals surface area (Å²) >= 11 is 1.40. The van der Waals surface area contributed by atoms with Crippen LogP contribution in [-0.2, 0) is 5.75 Å². The Kier molecular flexibility index (Phi) is 3.39. The lowest BCUT2D eigenvalue weighted by molar-refractivity contribution is 0.413. The number of hydrogen-bond acceptors (Lipinski definition) is 8. The molecule has 23 heavy (non-hydrogen) atoms. The predicted molar refractivity (Wildman–Crippen MR) is 81.6 cm³/mol. The summed E-state index contributed by atoms with van der Waals surface area (Å²) in [6.45, 7) is 0. The number of aromatic nitrogens is 4. The van der Waals surface area contributed by atoms with E-state index >= 15 is 0 Å². The number of hydrogen-bond donors (Lipinski definition) is 1. The van der Waals surface area contributed by atoms with E-state index in [-0.39, 0.29) is 0 Å². The molecular formula is C14H11N5O3S. The van der Waals surface area contributed by atoms with Crippen molar-refractivity contribution >= 4 is 11.8 Å². The summed E-state index contributed by atoms with van der Waals surface area (Å²) in [5.41, 5.74) is 0.754. The van der Waals surface area contributed by atoms with Crippen LogP contribution in [0.1, 0.15) is 5.69 Å². The number of rotatable bonds is 5. The van der Waals surface area contributed by atoms with Crippen molar-refractivity contribution < 1.29 is 13.4 Å². The van der Waals surface area contributed by atoms with E-state index in [4.69, 9.17) is 19.2 Å². The molecule has 4 aromatic rings. The first kappa shape index (κ1) is 13.7. The van der Waals surface area contributed by atoms with Crippen LogP contribution in [0.2, 0.25) is 0 Å². The summed E-state index contributed by atoms with van der Waals surface area (Å²) in [6.07, 6.45) is 3.14. The Hall–Kier alpha value is -2.94. The molecule has 0 unspecified atom stereocenters. The Morgan fingerprint density at radius 1 is 1.04 bits per heavy atom. The van der Waals surface area contributed by atoms with Crippen molar-refractivity contribution in [3.8, 4) is 23.1 Å². The molecule has 116 valence electrons. The number of nitrogen functional groups attached to an aromatic ring is 1. The van der Waals surface area contributed by atoms with E-state index in [2.05, 4.69) is 15.4 Å². The molecule has 8 nitrogen and oxygen atoms in total. The van der Waals surface area contributed by atoms with Crippen LogP contribution >= 0.6 is 11.8 Å². The SMILES string of the molecule is Nn1c(SCc2cc(-c3ccco3)on2)nnc1-c1ccco1. The summed E-state index contributed by atoms with van der Waals surface area (Å²) in [5.74, 6) is 8.78. The standard InChI is InChI=1S/C14H11N5O3S/c15-19-13(11-4-2-6-21-11)16-17-14(19)23-8-9-7-12(22-18-9)10-3-1-5-20-10/h1-7H,8,15H2. The zero-order valence-corrected chi connectivity index (χ0v) is 12.6. The van der Waals surface area contributed by atoms with Gasteiger partial charge in [0.15, 0.2) is 11.5 Å². The van der Waals surface area contributed by atoms with Gasteiger partial charge in [-0.25, -0.2) is 4.68 Å². The van der Waals surface area contributed by atoms with E-state index in [9.17, 15) is 0 Å². The second-order valence-corrected chi connectivity index (χ2v) is 5.54. The Labute approximate surface area is 134 Å². The van der Waals surface area contributed by atoms with Crippen LogP contribution in [-0.4, -0.2) is 20.0 Å². The highest BCUT2D eigenvalue weighted by Crippen LogP contribution is 2.26. The fourth-order valence-corrected chi connectivity index (χ4v) is 2.74. The quantitative estimate of drug-likeness (QED) is 0.440. The third-order valence-electron chi connectivity index (χ3n) is 3.08. The van der Waals surface area contributed by atoms with Crippen LogP contribution in [0.5, 0.6) is 0 Å². The van der Waals surface area contributed by atoms with Crippen molar-refractivity contribution in [1.82, 2.24) is 20.0 Å². The summed E-state index contributed by atoms with van der Waals surface area (Å²) in [7, 11) is 0. The highest BCUT2D eigenvalue weighted by molar-refractivity contribution is 7.98. The van der Waals surface area contributed by atoms with Crippen molar-refractivity contribution in [2.45, 2.75) is 10.9 Å². The number of nitrogens with two attached hydrogens (primary N) is 1. The molecular weight excluding hydrogens is 318 g/mol. The minimum Gasteiger partial charge on any atom is -0.461 e. The van der Waals surface area contributed by atoms with E-state index < -0.39 is 0 Å². The van der Waals surface area contributed by atoms with E-state index in [1.165, 1.54) is 16.4 Å². The first-order valence-electron chi connectivity index (χ1n) is 6.68. The minimum atomic E-state index is 0.467. The zero-order chi connectivity index (χ0) is 15.6. The van der Waals surface area contributed by atoms with Crippen LogP contribution in [0.3, 0.4) is 0 Å². The topological polar surface area (TPSA) is 109 Å². The molecule has 0 amide bonds. The van der Waals surface area contributed by atoms with Gasteiger partial charge in [-0.1, -0.05) is 16.9 Å². The number of furan rings is 2. The van der Waals surface area contributed by atoms with Crippen molar-refractivity contribution in [2.24, 2.45) is 0 Å². The highest BCUT2D eigenvalue weighted by atomic mass is 32.2. The molecule has 0 bridgehead atoms. The molecule has 0 aromatic carbocycles. The van der Waals surface area contributed by atoms with E-state index in [1.807, 2.05) is 12.1 Å². The van der Waals surface area contributed by atoms with Crippen molar-refractivity contribution in [3.05, 3.63) is 48.6 Å². The zero-order valence-electron chi connectivity index (χ0n) is 11.7. The molecule has 0 aliphatic rings. The summed E-state index contributed by atoms with van der Waals surface area (Å²) in [5, 5.41) is 12.6. The van der Waals surface area contributed by atoms with Gasteiger partial charge in [0.2, 0.25) is 16.7 Å². The lowest BCUT2D eigenvalue weighted by atomic mass is 10.3. The van der Waals surface area contributed by atoms with Gasteiger partial charge in [-0.2, -0.15) is 0 Å². The Bertz CT molecular complexity index is 895. The van der Waals surface area contributed by atoms with Crippen molar-refractivity contribution in [3.63, 3.8) is 0 Å². The molecule has 0 saturated heterocycles. The van der Waals surface area contributed by atoms with E-state index in [0.29, 0.717) is 34.0 Å². The molecule has 0 aliphatic heterocycles. The van der Waals surface area contributed by atoms with Gasteiger partial charge in [0.25, 0.3) is 0 Å². The summed E-state index contributed by atoms with van der Waals surface area (Å²) in [6, 6.07) is 8.96. The molecule has 4 aromatic heterocycles. The first-order valence-corrected chi connectivity index (χ1v) is 7.66. The molecule has 0 spiro atoms. The normalized spacial score (nSPS) is 11.1. The molecule has 4 rings (SSSR count). The smallest absolute Gasteiger partial charge is 0.218 e. The van der Waals surface area contributed by atoms with Gasteiger partial charge in [0.05, 0.1) is 18.2 Å². The van der Waals surface area contributed by atoms with Crippen LogP contribution in [0.15, 0.2) is 61.4 Å². The van der Waals surface area contributed by atoms with Gasteiger partial charge >= 0.3 is 0 Å². The van der Waals surface area contributed by atoms with Gasteiger partial charge in [-0.15, -0.1) is 10.2 Å². The van der Waals surface area contributed by atoms with Crippen molar-refractivity contribution in [1.29, 1.82) is 0 Å². The maximum atomic E-state index is 5.99. The second-order valence-electron chi connectivity index (χ2n) is 4.60. The minimum absolute atomic E-state index is 0.467. The fourth-order valence-electron chi connectivity index (χ4n) is 2.00. The van der Waals surface area contributed by atoms with Crippen LogP contribution in [0.4, 0.5) is 0 Å². The third-order valence-corrected chi connectivity index (χ3v) is 4.05. The molecule has 4 heterocycles. The maximum Gasteiger partial charge on any atom is 0.218 e. The molecule has 0 atom stereocenters. The van der Waals surface area contributed by atoms with Gasteiger partial charge < -0.3 is 19.2 Å². The highest BCUT2D eigenvalue weighted by Gasteiger charge is 2.15. The summed E-state index contributed by atoms with van der Waals surface area (Å²) in [4.78, 5) is 0. The lowest BCUT2D eigenvalue weighted by Crippen LogP contribution is -2.11. The molecule has 0 saturated carbocycles. The first-order chi connectivity index (χ1) is 11.3. The Morgan fingerprint density at radius 2 is 1.83 bits per heavy atom. The number of thioether (sulfide) groups is 1. The predicted octanol–water partition coefficient (Wildman–Crippen LogP) is 2.79. The average molecular weight is 329 g/mol. The van der Waals surface area contributed by atoms with Crippen LogP contribution < -0.4 is 5.84 Å². The monoisotopic (exact) mass is 329 g/mol. The molecule has 9 heteroatoms. The van der Waals surface area contributed by atoms with Gasteiger partial charge in [-0.3, -0.25) is 0 Å². The van der Waals surface area contributed by atoms with Crippen molar-refractivity contribution in [2.75, 3.05) is 5.84 Å². The molecule has 0 radical (unpaired) electrons. The van der Waals surface area contributed by atoms with E-state index in [0.717, 1.165) is 5.69 Å². The maximum absolute atomic E-state index is 5.99.